The number of carbonyl (C=O) groups is 1. The number of benzene rings is 2. The second-order valence-corrected chi connectivity index (χ2v) is 8.57. The van der Waals surface area contributed by atoms with Crippen LogP contribution in [0.15, 0.2) is 51.7 Å². The number of urea groups is 1. The zero-order valence-corrected chi connectivity index (χ0v) is 16.9. The Morgan fingerprint density at radius 1 is 1.21 bits per heavy atom. The van der Waals surface area contributed by atoms with E-state index in [2.05, 4.69) is 20.8 Å². The number of hydrogen-bond donors (Lipinski definition) is 3. The first-order chi connectivity index (χ1) is 13.4. The van der Waals surface area contributed by atoms with Gasteiger partial charge in [0.15, 0.2) is 4.34 Å². The van der Waals surface area contributed by atoms with Crippen LogP contribution in [-0.2, 0) is 0 Å². The highest BCUT2D eigenvalue weighted by Gasteiger charge is 2.11. The van der Waals surface area contributed by atoms with Crippen LogP contribution in [0.5, 0.6) is 0 Å². The first-order valence-electron chi connectivity index (χ1n) is 8.47. The quantitative estimate of drug-likeness (QED) is 0.556. The van der Waals surface area contributed by atoms with Crippen molar-refractivity contribution in [2.75, 3.05) is 11.9 Å². The summed E-state index contributed by atoms with van der Waals surface area (Å²) in [7, 11) is 0. The number of hydrogen-bond acceptors (Lipinski definition) is 6. The molecule has 0 spiro atoms. The van der Waals surface area contributed by atoms with Crippen molar-refractivity contribution in [1.29, 1.82) is 0 Å². The topological polar surface area (TPSA) is 87.1 Å². The summed E-state index contributed by atoms with van der Waals surface area (Å²) in [4.78, 5) is 13.1. The number of aromatic nitrogens is 2. The molecular weight excluding hydrogens is 399 g/mol. The lowest BCUT2D eigenvalue weighted by atomic mass is 10.1. The average molecular weight is 419 g/mol. The summed E-state index contributed by atoms with van der Waals surface area (Å²) in [5.74, 6) is -0.375. The van der Waals surface area contributed by atoms with Gasteiger partial charge in [-0.3, -0.25) is 0 Å². The number of carbonyl (C=O) groups excluding carboxylic acids is 1. The molecule has 28 heavy (non-hydrogen) atoms. The summed E-state index contributed by atoms with van der Waals surface area (Å²) in [5, 5.41) is 24.5. The van der Waals surface area contributed by atoms with Crippen molar-refractivity contribution in [3.05, 3.63) is 64.4 Å². The van der Waals surface area contributed by atoms with Crippen LogP contribution in [0.1, 0.15) is 22.2 Å². The Morgan fingerprint density at radius 3 is 2.61 bits per heavy atom. The molecule has 3 rings (SSSR count). The summed E-state index contributed by atoms with van der Waals surface area (Å²) in [6.45, 7) is 3.82. The van der Waals surface area contributed by atoms with Gasteiger partial charge in [0.1, 0.15) is 10.8 Å². The number of amides is 2. The Bertz CT molecular complexity index is 963. The van der Waals surface area contributed by atoms with E-state index in [0.717, 1.165) is 19.8 Å². The summed E-state index contributed by atoms with van der Waals surface area (Å²) in [6, 6.07) is 10.8. The van der Waals surface area contributed by atoms with Gasteiger partial charge in [-0.15, -0.1) is 10.2 Å². The minimum Gasteiger partial charge on any atom is -0.387 e. The van der Waals surface area contributed by atoms with Gasteiger partial charge in [0, 0.05) is 17.1 Å². The van der Waals surface area contributed by atoms with Crippen molar-refractivity contribution in [3.63, 3.8) is 0 Å². The number of aliphatic hydroxyl groups excluding tert-OH is 1. The van der Waals surface area contributed by atoms with Crippen molar-refractivity contribution in [2.24, 2.45) is 0 Å². The van der Waals surface area contributed by atoms with Crippen LogP contribution in [0.25, 0.3) is 0 Å². The molecule has 0 aliphatic carbocycles. The van der Waals surface area contributed by atoms with E-state index >= 15 is 0 Å². The second kappa shape index (κ2) is 9.13. The monoisotopic (exact) mass is 418 g/mol. The predicted octanol–water partition coefficient (Wildman–Crippen LogP) is 4.30. The minimum atomic E-state index is -0.915. The molecule has 0 saturated carbocycles. The molecule has 0 unspecified atom stereocenters. The number of aliphatic hydroxyl groups is 1. The molecule has 0 aliphatic rings. The number of anilines is 1. The maximum absolute atomic E-state index is 12.9. The smallest absolute Gasteiger partial charge is 0.319 e. The van der Waals surface area contributed by atoms with Crippen LogP contribution in [0, 0.1) is 19.7 Å². The average Bonchev–Trinajstić information content (AvgIpc) is 3.07. The Kier molecular flexibility index (Phi) is 6.61. The Labute approximate surface area is 170 Å². The number of halogens is 1. The van der Waals surface area contributed by atoms with E-state index in [0.29, 0.717) is 11.3 Å². The van der Waals surface area contributed by atoms with Gasteiger partial charge in [0.25, 0.3) is 0 Å². The lowest BCUT2D eigenvalue weighted by molar-refractivity contribution is 0.175. The molecule has 9 heteroatoms. The standard InChI is InChI=1S/C19H19FN4O2S2/c1-11-9-15(28-19-24-23-12(2)27-19)7-8-16(11)22-18(26)21-10-17(25)13-3-5-14(20)6-4-13/h3-9,17,25H,10H2,1-2H3,(H2,21,22,26)/t17-/m1/s1. The summed E-state index contributed by atoms with van der Waals surface area (Å²) in [5.41, 5.74) is 2.11. The Morgan fingerprint density at radius 2 is 1.96 bits per heavy atom. The highest BCUT2D eigenvalue weighted by Crippen LogP contribution is 2.32. The molecule has 2 aromatic carbocycles. The number of rotatable bonds is 6. The molecule has 146 valence electrons. The van der Waals surface area contributed by atoms with Crippen molar-refractivity contribution in [1.82, 2.24) is 15.5 Å². The molecule has 3 N–H and O–H groups in total. The first kappa shape index (κ1) is 20.2. The molecule has 0 bridgehead atoms. The Hall–Kier alpha value is -2.49. The highest BCUT2D eigenvalue weighted by atomic mass is 32.2. The normalized spacial score (nSPS) is 11.9. The molecule has 0 saturated heterocycles. The second-order valence-electron chi connectivity index (χ2n) is 6.07. The van der Waals surface area contributed by atoms with E-state index in [1.807, 2.05) is 32.0 Å². The van der Waals surface area contributed by atoms with E-state index in [1.54, 1.807) is 0 Å². The van der Waals surface area contributed by atoms with Crippen molar-refractivity contribution >= 4 is 34.8 Å². The van der Waals surface area contributed by atoms with Gasteiger partial charge in [-0.1, -0.05) is 35.2 Å². The minimum absolute atomic E-state index is 0.0147. The van der Waals surface area contributed by atoms with Gasteiger partial charge in [-0.05, 0) is 55.3 Å². The molecule has 0 aliphatic heterocycles. The van der Waals surface area contributed by atoms with Gasteiger partial charge in [-0.25, -0.2) is 9.18 Å². The fourth-order valence-electron chi connectivity index (χ4n) is 2.42. The lowest BCUT2D eigenvalue weighted by Crippen LogP contribution is -2.32. The van der Waals surface area contributed by atoms with Crippen molar-refractivity contribution in [2.45, 2.75) is 29.2 Å². The van der Waals surface area contributed by atoms with Gasteiger partial charge in [0.2, 0.25) is 0 Å². The number of aryl methyl sites for hydroxylation is 2. The third-order valence-electron chi connectivity index (χ3n) is 3.87. The predicted molar refractivity (Wildman–Crippen MR) is 108 cm³/mol. The fraction of sp³-hybridized carbons (Fsp3) is 0.211. The van der Waals surface area contributed by atoms with Crippen molar-refractivity contribution < 1.29 is 14.3 Å². The molecule has 0 fully saturated rings. The lowest BCUT2D eigenvalue weighted by Gasteiger charge is -2.14. The van der Waals surface area contributed by atoms with Crippen LogP contribution in [0.3, 0.4) is 0 Å². The summed E-state index contributed by atoms with van der Waals surface area (Å²) >= 11 is 3.05. The molecule has 3 aromatic rings. The van der Waals surface area contributed by atoms with Crippen LogP contribution in [0.2, 0.25) is 0 Å². The van der Waals surface area contributed by atoms with Crippen LogP contribution in [0.4, 0.5) is 14.9 Å². The first-order valence-corrected chi connectivity index (χ1v) is 10.1. The maximum Gasteiger partial charge on any atom is 0.319 e. The molecule has 6 nitrogen and oxygen atoms in total. The van der Waals surface area contributed by atoms with Crippen molar-refractivity contribution in [3.8, 4) is 0 Å². The SMILES string of the molecule is Cc1nnc(Sc2ccc(NC(=O)NC[C@@H](O)c3ccc(F)cc3)c(C)c2)s1. The van der Waals surface area contributed by atoms with Crippen LogP contribution >= 0.6 is 23.1 Å². The van der Waals surface area contributed by atoms with Gasteiger partial charge in [0.05, 0.1) is 6.10 Å². The summed E-state index contributed by atoms with van der Waals surface area (Å²) < 4.78 is 13.8. The van der Waals surface area contributed by atoms with E-state index in [9.17, 15) is 14.3 Å². The largest absolute Gasteiger partial charge is 0.387 e. The Balaban J connectivity index is 1.54. The zero-order valence-electron chi connectivity index (χ0n) is 15.3. The zero-order chi connectivity index (χ0) is 20.1. The van der Waals surface area contributed by atoms with Gasteiger partial charge >= 0.3 is 6.03 Å². The van der Waals surface area contributed by atoms with Gasteiger partial charge < -0.3 is 15.7 Å². The van der Waals surface area contributed by atoms with Gasteiger partial charge in [-0.2, -0.15) is 0 Å². The molecule has 1 aromatic heterocycles. The summed E-state index contributed by atoms with van der Waals surface area (Å²) in [6.07, 6.45) is -0.915. The number of nitrogens with zero attached hydrogens (tertiary/aromatic N) is 2. The third-order valence-corrected chi connectivity index (χ3v) is 5.75. The molecule has 2 amide bonds. The van der Waals surface area contributed by atoms with E-state index in [-0.39, 0.29) is 12.4 Å². The van der Waals surface area contributed by atoms with Crippen LogP contribution < -0.4 is 10.6 Å². The third kappa shape index (κ3) is 5.51. The number of nitrogens with one attached hydrogen (secondary N) is 2. The molecule has 1 atom stereocenters. The van der Waals surface area contributed by atoms with E-state index < -0.39 is 12.1 Å². The van der Waals surface area contributed by atoms with E-state index in [4.69, 9.17) is 0 Å². The van der Waals surface area contributed by atoms with E-state index in [1.165, 1.54) is 47.4 Å². The maximum atomic E-state index is 12.9. The fourth-order valence-corrected chi connectivity index (χ4v) is 4.31. The molecule has 0 radical (unpaired) electrons. The molecular formula is C19H19FN4O2S2. The highest BCUT2D eigenvalue weighted by molar-refractivity contribution is 8.01. The molecule has 1 heterocycles. The van der Waals surface area contributed by atoms with Crippen LogP contribution in [-0.4, -0.2) is 27.9 Å².